The van der Waals surface area contributed by atoms with Gasteiger partial charge in [0.25, 0.3) is 5.91 Å². The minimum atomic E-state index is -1.22. The predicted octanol–water partition coefficient (Wildman–Crippen LogP) is 1.34. The van der Waals surface area contributed by atoms with Crippen LogP contribution in [-0.2, 0) is 27.2 Å². The van der Waals surface area contributed by atoms with E-state index >= 15 is 0 Å². The molecule has 4 N–H and O–H groups in total. The number of fused-ring (bicyclic) bond motifs is 2. The van der Waals surface area contributed by atoms with Crippen LogP contribution < -0.4 is 16.0 Å². The maximum atomic E-state index is 13.3. The average molecular weight is 606 g/mol. The van der Waals surface area contributed by atoms with Crippen LogP contribution in [-0.4, -0.2) is 86.6 Å². The van der Waals surface area contributed by atoms with E-state index in [0.717, 1.165) is 16.7 Å². The zero-order valence-corrected chi connectivity index (χ0v) is 25.2. The van der Waals surface area contributed by atoms with Crippen LogP contribution in [0.2, 0.25) is 0 Å². The second-order valence-corrected chi connectivity index (χ2v) is 11.1. The van der Waals surface area contributed by atoms with Gasteiger partial charge in [0.2, 0.25) is 29.4 Å². The summed E-state index contributed by atoms with van der Waals surface area (Å²) in [5.74, 6) is -0.858. The van der Waals surface area contributed by atoms with Gasteiger partial charge in [0.05, 0.1) is 12.6 Å². The summed E-state index contributed by atoms with van der Waals surface area (Å²) in [7, 11) is 0. The quantitative estimate of drug-likeness (QED) is 0.323. The van der Waals surface area contributed by atoms with Crippen molar-refractivity contribution in [3.63, 3.8) is 0 Å². The highest BCUT2D eigenvalue weighted by Crippen LogP contribution is 2.16. The molecule has 2 aromatic heterocycles. The van der Waals surface area contributed by atoms with Crippen LogP contribution in [0.15, 0.2) is 47.2 Å². The van der Waals surface area contributed by atoms with Crippen LogP contribution in [0.1, 0.15) is 60.5 Å². The predicted molar refractivity (Wildman–Crippen MR) is 160 cm³/mol. The second-order valence-electron chi connectivity index (χ2n) is 11.1. The molecule has 0 radical (unpaired) electrons. The molecule has 13 heteroatoms. The summed E-state index contributed by atoms with van der Waals surface area (Å²) in [5, 5.41) is 22.6. The Morgan fingerprint density at radius 3 is 2.66 bits per heavy atom. The number of aliphatic hydroxyl groups excluding tert-OH is 1. The van der Waals surface area contributed by atoms with Crippen LogP contribution in [0.4, 0.5) is 0 Å². The monoisotopic (exact) mass is 605 g/mol. The smallest absolute Gasteiger partial charge is 0.252 e. The lowest BCUT2D eigenvalue weighted by Crippen LogP contribution is -2.56. The molecule has 3 heterocycles. The number of nitrogens with zero attached hydrogens (tertiary/aromatic N) is 4. The summed E-state index contributed by atoms with van der Waals surface area (Å²) < 4.78 is 5.33. The van der Waals surface area contributed by atoms with Crippen molar-refractivity contribution < 1.29 is 28.8 Å². The number of amides is 4. The highest BCUT2D eigenvalue weighted by Gasteiger charge is 2.29. The molecule has 4 amide bonds. The van der Waals surface area contributed by atoms with E-state index in [4.69, 9.17) is 4.52 Å². The van der Waals surface area contributed by atoms with Gasteiger partial charge in [0.1, 0.15) is 6.04 Å². The fraction of sp³-hybridized carbons (Fsp3) is 0.452. The molecule has 0 fully saturated rings. The number of rotatable bonds is 6. The fourth-order valence-electron chi connectivity index (χ4n) is 4.93. The van der Waals surface area contributed by atoms with Crippen molar-refractivity contribution in [3.8, 4) is 11.4 Å². The highest BCUT2D eigenvalue weighted by molar-refractivity contribution is 5.98. The van der Waals surface area contributed by atoms with Crippen molar-refractivity contribution in [2.45, 2.75) is 71.1 Å². The average Bonchev–Trinajstić information content (AvgIpc) is 3.47. The van der Waals surface area contributed by atoms with Crippen LogP contribution in [0.5, 0.6) is 0 Å². The molecule has 1 aromatic carbocycles. The Kier molecular flexibility index (Phi) is 11.1. The van der Waals surface area contributed by atoms with Gasteiger partial charge in [-0.2, -0.15) is 4.98 Å². The third kappa shape index (κ3) is 8.93. The van der Waals surface area contributed by atoms with E-state index < -0.39 is 30.0 Å². The summed E-state index contributed by atoms with van der Waals surface area (Å²) in [4.78, 5) is 62.0. The number of carbonyl (C=O) groups is 4. The zero-order valence-electron chi connectivity index (χ0n) is 25.2. The number of aryl methyl sites for hydroxylation is 3. The van der Waals surface area contributed by atoms with Crippen LogP contribution in [0.25, 0.3) is 11.4 Å². The Hall–Kier alpha value is -4.65. The van der Waals surface area contributed by atoms with Gasteiger partial charge < -0.3 is 30.5 Å². The molecule has 0 aliphatic carbocycles. The number of benzene rings is 1. The maximum absolute atomic E-state index is 13.3. The van der Waals surface area contributed by atoms with Crippen molar-refractivity contribution in [1.82, 2.24) is 36.0 Å². The van der Waals surface area contributed by atoms with Gasteiger partial charge in [-0.1, -0.05) is 11.2 Å². The minimum absolute atomic E-state index is 0.0468. The topological polar surface area (TPSA) is 180 Å². The van der Waals surface area contributed by atoms with Crippen LogP contribution in [0.3, 0.4) is 0 Å². The Bertz CT molecular complexity index is 1460. The molecular formula is C31H39N7O6. The first-order chi connectivity index (χ1) is 21.1. The highest BCUT2D eigenvalue weighted by atomic mass is 16.5. The Morgan fingerprint density at radius 2 is 1.91 bits per heavy atom. The zero-order chi connectivity index (χ0) is 31.6. The van der Waals surface area contributed by atoms with E-state index in [-0.39, 0.29) is 31.3 Å². The Morgan fingerprint density at radius 1 is 1.14 bits per heavy atom. The summed E-state index contributed by atoms with van der Waals surface area (Å²) >= 11 is 0. The van der Waals surface area contributed by atoms with Gasteiger partial charge >= 0.3 is 0 Å². The molecule has 2 bridgehead atoms. The lowest BCUT2D eigenvalue weighted by molar-refractivity contribution is -0.137. The van der Waals surface area contributed by atoms with Gasteiger partial charge in [0, 0.05) is 55.5 Å². The lowest BCUT2D eigenvalue weighted by atomic mass is 10.00. The number of carbonyl (C=O) groups excluding carboxylic acids is 4. The van der Waals surface area contributed by atoms with E-state index in [2.05, 4.69) is 31.1 Å². The number of nitrogens with one attached hydrogen (secondary N) is 3. The van der Waals surface area contributed by atoms with Gasteiger partial charge in [-0.25, -0.2) is 0 Å². The summed E-state index contributed by atoms with van der Waals surface area (Å²) in [6.45, 7) is 5.30. The van der Waals surface area contributed by atoms with Gasteiger partial charge in [-0.05, 0) is 75.4 Å². The maximum Gasteiger partial charge on any atom is 0.252 e. The van der Waals surface area contributed by atoms with Crippen molar-refractivity contribution in [2.24, 2.45) is 0 Å². The van der Waals surface area contributed by atoms with Crippen LogP contribution in [0, 0.1) is 6.92 Å². The SMILES string of the molecule is Cc1ccc2cc1CCCNC(=O)CN(C(=O)CCCc1nc(-c3ccncc3)no1)C[C@@H](C)NC(=O)[C@H]([C@@H](C)O)NC2=O. The third-order valence-corrected chi connectivity index (χ3v) is 7.37. The molecule has 3 atom stereocenters. The van der Waals surface area contributed by atoms with Crippen molar-refractivity contribution in [1.29, 1.82) is 0 Å². The van der Waals surface area contributed by atoms with E-state index in [1.165, 1.54) is 11.8 Å². The van der Waals surface area contributed by atoms with E-state index in [1.807, 2.05) is 13.0 Å². The Labute approximate surface area is 255 Å². The van der Waals surface area contributed by atoms with Crippen LogP contribution >= 0.6 is 0 Å². The second kappa shape index (κ2) is 15.2. The van der Waals surface area contributed by atoms with E-state index in [1.54, 1.807) is 43.6 Å². The molecule has 234 valence electrons. The molecule has 44 heavy (non-hydrogen) atoms. The van der Waals surface area contributed by atoms with Gasteiger partial charge in [0.15, 0.2) is 0 Å². The van der Waals surface area contributed by atoms with Crippen molar-refractivity contribution >= 4 is 23.6 Å². The molecule has 3 aromatic rings. The first-order valence-corrected chi connectivity index (χ1v) is 14.8. The van der Waals surface area contributed by atoms with Gasteiger partial charge in [-0.3, -0.25) is 24.2 Å². The summed E-state index contributed by atoms with van der Waals surface area (Å²) in [6.07, 6.45) is 4.22. The molecule has 13 nitrogen and oxygen atoms in total. The first kappa shape index (κ1) is 32.3. The third-order valence-electron chi connectivity index (χ3n) is 7.37. The molecule has 4 rings (SSSR count). The molecule has 0 saturated heterocycles. The molecule has 0 unspecified atom stereocenters. The molecule has 0 saturated carbocycles. The van der Waals surface area contributed by atoms with Crippen molar-refractivity contribution in [2.75, 3.05) is 19.6 Å². The lowest BCUT2D eigenvalue weighted by Gasteiger charge is -2.28. The standard InChI is InChI=1S/C31H39N7O6/c1-19-9-10-24-16-23(19)6-5-13-33-25(40)18-38(17-20(2)34-31(43)28(21(3)39)36-30(24)42)27(41)8-4-7-26-35-29(37-44-26)22-11-14-32-15-12-22/h9-12,14-16,20-21,28,39H,4-8,13,17-18H2,1-3H3,(H,33,40)(H,34,43)(H,36,42)/t20-,21-,28+/m1/s1. The van der Waals surface area contributed by atoms with Crippen molar-refractivity contribution in [3.05, 3.63) is 65.3 Å². The fourth-order valence-corrected chi connectivity index (χ4v) is 4.93. The normalized spacial score (nSPS) is 19.4. The molecule has 1 aliphatic heterocycles. The summed E-state index contributed by atoms with van der Waals surface area (Å²) in [5.41, 5.74) is 3.07. The minimum Gasteiger partial charge on any atom is -0.391 e. The number of aromatic nitrogens is 3. The molecule has 0 spiro atoms. The van der Waals surface area contributed by atoms with E-state index in [9.17, 15) is 24.3 Å². The number of pyridine rings is 1. The number of aliphatic hydroxyl groups is 1. The van der Waals surface area contributed by atoms with Gasteiger partial charge in [-0.15, -0.1) is 0 Å². The summed E-state index contributed by atoms with van der Waals surface area (Å²) in [6, 6.07) is 7.00. The molecular weight excluding hydrogens is 566 g/mol. The number of hydrogen-bond donors (Lipinski definition) is 4. The first-order valence-electron chi connectivity index (χ1n) is 14.8. The number of hydrogen-bond acceptors (Lipinski definition) is 9. The van der Waals surface area contributed by atoms with E-state index in [0.29, 0.717) is 49.5 Å². The Balaban J connectivity index is 1.43. The largest absolute Gasteiger partial charge is 0.391 e. The molecule has 1 aliphatic rings.